The van der Waals surface area contributed by atoms with Gasteiger partial charge in [-0.05, 0) is 12.9 Å². The van der Waals surface area contributed by atoms with Crippen molar-refractivity contribution >= 4 is 13.2 Å². The summed E-state index contributed by atoms with van der Waals surface area (Å²) in [4.78, 5) is 0. The molecule has 2 aliphatic heterocycles. The molecule has 2 saturated heterocycles. The maximum Gasteiger partial charge on any atom is 0.128 e. The Morgan fingerprint density at radius 3 is 1.75 bits per heavy atom. The second-order valence-electron chi connectivity index (χ2n) is 4.52. The van der Waals surface area contributed by atoms with Gasteiger partial charge in [-0.25, -0.2) is 0 Å². The number of fused-ring (bicyclic) bond motifs is 1. The van der Waals surface area contributed by atoms with E-state index in [1.807, 2.05) is 0 Å². The molecule has 2 rings (SSSR count). The maximum absolute atomic E-state index is 3.54. The van der Waals surface area contributed by atoms with Gasteiger partial charge in [0, 0.05) is 0 Å². The second-order valence-corrected chi connectivity index (χ2v) is 4.52. The first-order valence-electron chi connectivity index (χ1n) is 5.67. The highest BCUT2D eigenvalue weighted by atomic mass is 14.8. The first kappa shape index (κ1) is 8.68. The summed E-state index contributed by atoms with van der Waals surface area (Å²) in [5.74, 6) is 0. The molecule has 0 spiro atoms. The van der Waals surface area contributed by atoms with Gasteiger partial charge in [-0.1, -0.05) is 44.7 Å². The minimum Gasteiger partial charge on any atom is -0.333 e. The molecular formula is C9H19B2N. The van der Waals surface area contributed by atoms with Crippen molar-refractivity contribution < 1.29 is 0 Å². The van der Waals surface area contributed by atoms with Crippen molar-refractivity contribution in [3.05, 3.63) is 0 Å². The fourth-order valence-corrected chi connectivity index (χ4v) is 2.81. The minimum absolute atomic E-state index is 1.03. The smallest absolute Gasteiger partial charge is 0.128 e. The number of nitrogens with one attached hydrogen (secondary N) is 1. The van der Waals surface area contributed by atoms with Crippen LogP contribution in [0.4, 0.5) is 0 Å². The van der Waals surface area contributed by atoms with Gasteiger partial charge < -0.3 is 5.32 Å². The first-order valence-corrected chi connectivity index (χ1v) is 5.67. The van der Waals surface area contributed by atoms with E-state index < -0.39 is 0 Å². The van der Waals surface area contributed by atoms with Crippen LogP contribution in [0.1, 0.15) is 32.1 Å². The van der Waals surface area contributed by atoms with Crippen LogP contribution in [-0.4, -0.2) is 26.1 Å². The summed E-state index contributed by atoms with van der Waals surface area (Å²) in [6.07, 6.45) is 13.1. The molecular weight excluding hydrogens is 144 g/mol. The summed E-state index contributed by atoms with van der Waals surface area (Å²) < 4.78 is 0. The average molecular weight is 163 g/mol. The molecule has 0 radical (unpaired) electrons. The van der Waals surface area contributed by atoms with Gasteiger partial charge in [-0.3, -0.25) is 0 Å². The lowest BCUT2D eigenvalue weighted by Crippen LogP contribution is -2.33. The molecule has 0 amide bonds. The van der Waals surface area contributed by atoms with Gasteiger partial charge in [0.1, 0.15) is 13.2 Å². The molecule has 0 unspecified atom stereocenters. The molecule has 0 aliphatic carbocycles. The topological polar surface area (TPSA) is 12.0 Å². The van der Waals surface area contributed by atoms with Crippen LogP contribution in [0.5, 0.6) is 0 Å². The molecule has 66 valence electrons. The lowest BCUT2D eigenvalue weighted by Gasteiger charge is -2.09. The van der Waals surface area contributed by atoms with Gasteiger partial charge >= 0.3 is 0 Å². The van der Waals surface area contributed by atoms with E-state index in [1.165, 1.54) is 57.6 Å². The molecule has 0 atom stereocenters. The third-order valence-corrected chi connectivity index (χ3v) is 3.63. The second kappa shape index (κ2) is 4.36. The third-order valence-electron chi connectivity index (χ3n) is 3.63. The zero-order chi connectivity index (χ0) is 8.23. The highest BCUT2D eigenvalue weighted by Gasteiger charge is 2.32. The zero-order valence-electron chi connectivity index (χ0n) is 8.02. The Labute approximate surface area is 76.8 Å². The molecule has 2 heterocycles. The van der Waals surface area contributed by atoms with E-state index in [9.17, 15) is 0 Å². The molecule has 0 aromatic rings. The molecule has 3 heteroatoms. The van der Waals surface area contributed by atoms with Crippen molar-refractivity contribution in [3.8, 4) is 0 Å². The van der Waals surface area contributed by atoms with Crippen LogP contribution >= 0.6 is 0 Å². The molecule has 0 saturated carbocycles. The first-order chi connectivity index (χ1) is 5.97. The predicted octanol–water partition coefficient (Wildman–Crippen LogP) is 1.70. The standard InChI is InChI=1S/C9H19B2N/c1-2-4-6-10-8-12-9-11(10)7-5-3-1/h12H,1-9H2. The minimum atomic E-state index is 1.03. The third kappa shape index (κ3) is 2.07. The summed E-state index contributed by atoms with van der Waals surface area (Å²) in [7, 11) is 0. The number of hydrogen-bond donors (Lipinski definition) is 1. The molecule has 2 fully saturated rings. The Balaban J connectivity index is 1.87. The largest absolute Gasteiger partial charge is 0.333 e. The van der Waals surface area contributed by atoms with E-state index in [2.05, 4.69) is 5.32 Å². The van der Waals surface area contributed by atoms with E-state index in [-0.39, 0.29) is 0 Å². The lowest BCUT2D eigenvalue weighted by molar-refractivity contribution is 0.655. The average Bonchev–Trinajstić information content (AvgIpc) is 2.50. The van der Waals surface area contributed by atoms with Crippen LogP contribution in [0.15, 0.2) is 0 Å². The molecule has 12 heavy (non-hydrogen) atoms. The van der Waals surface area contributed by atoms with Crippen molar-refractivity contribution in [2.75, 3.05) is 12.9 Å². The predicted molar refractivity (Wildman–Crippen MR) is 57.1 cm³/mol. The van der Waals surface area contributed by atoms with Crippen molar-refractivity contribution in [1.82, 2.24) is 5.32 Å². The van der Waals surface area contributed by atoms with E-state index in [0.717, 1.165) is 13.2 Å². The molecule has 0 aromatic heterocycles. The van der Waals surface area contributed by atoms with Crippen molar-refractivity contribution in [3.63, 3.8) is 0 Å². The van der Waals surface area contributed by atoms with E-state index in [0.29, 0.717) is 0 Å². The summed E-state index contributed by atoms with van der Waals surface area (Å²) in [6, 6.07) is 0. The van der Waals surface area contributed by atoms with E-state index in [1.54, 1.807) is 0 Å². The monoisotopic (exact) mass is 163 g/mol. The Morgan fingerprint density at radius 1 is 0.667 bits per heavy atom. The van der Waals surface area contributed by atoms with Crippen molar-refractivity contribution in [2.24, 2.45) is 0 Å². The fraction of sp³-hybridized carbons (Fsp3) is 1.00. The normalized spacial score (nSPS) is 26.0. The maximum atomic E-state index is 3.54. The summed E-state index contributed by atoms with van der Waals surface area (Å²) in [6.45, 7) is 2.06. The highest BCUT2D eigenvalue weighted by molar-refractivity contribution is 7.23. The molecule has 0 bridgehead atoms. The van der Waals surface area contributed by atoms with E-state index in [4.69, 9.17) is 0 Å². The van der Waals surface area contributed by atoms with Crippen LogP contribution < -0.4 is 5.32 Å². The molecule has 1 N–H and O–H groups in total. The van der Waals surface area contributed by atoms with E-state index >= 15 is 0 Å². The molecule has 2 aliphatic rings. The van der Waals surface area contributed by atoms with Crippen molar-refractivity contribution in [2.45, 2.75) is 44.7 Å². The van der Waals surface area contributed by atoms with Crippen molar-refractivity contribution in [1.29, 1.82) is 0 Å². The Morgan fingerprint density at radius 2 is 1.17 bits per heavy atom. The quantitative estimate of drug-likeness (QED) is 0.535. The zero-order valence-corrected chi connectivity index (χ0v) is 8.02. The van der Waals surface area contributed by atoms with Crippen LogP contribution in [0, 0.1) is 0 Å². The Bertz CT molecular complexity index is 126. The van der Waals surface area contributed by atoms with Crippen LogP contribution in [-0.2, 0) is 0 Å². The molecule has 0 aromatic carbocycles. The number of rotatable bonds is 0. The number of hydrogen-bond acceptors (Lipinski definition) is 1. The lowest BCUT2D eigenvalue weighted by atomic mass is 9.08. The van der Waals surface area contributed by atoms with Crippen LogP contribution in [0.2, 0.25) is 12.6 Å². The Hall–Kier alpha value is 0.0899. The Kier molecular flexibility index (Phi) is 3.15. The fourth-order valence-electron chi connectivity index (χ4n) is 2.81. The van der Waals surface area contributed by atoms with Gasteiger partial charge in [0.05, 0.1) is 0 Å². The summed E-state index contributed by atoms with van der Waals surface area (Å²) in [5, 5.41) is 3.54. The molecule has 1 nitrogen and oxygen atoms in total. The van der Waals surface area contributed by atoms with Gasteiger partial charge in [0.15, 0.2) is 0 Å². The van der Waals surface area contributed by atoms with Crippen LogP contribution in [0.25, 0.3) is 0 Å². The highest BCUT2D eigenvalue weighted by Crippen LogP contribution is 2.19. The summed E-state index contributed by atoms with van der Waals surface area (Å²) >= 11 is 0. The summed E-state index contributed by atoms with van der Waals surface area (Å²) in [5.41, 5.74) is 0. The van der Waals surface area contributed by atoms with Gasteiger partial charge in [0.2, 0.25) is 0 Å². The SMILES string of the molecule is C1CCCB2CNCB2CCC1. The van der Waals surface area contributed by atoms with Gasteiger partial charge in [-0.2, -0.15) is 0 Å². The van der Waals surface area contributed by atoms with Crippen LogP contribution in [0.3, 0.4) is 0 Å². The van der Waals surface area contributed by atoms with Gasteiger partial charge in [0.25, 0.3) is 0 Å². The van der Waals surface area contributed by atoms with Gasteiger partial charge in [-0.15, -0.1) is 0 Å².